The van der Waals surface area contributed by atoms with E-state index in [9.17, 15) is 8.42 Å². The third kappa shape index (κ3) is 6.86. The Bertz CT molecular complexity index is 1140. The maximum atomic E-state index is 11.5. The van der Waals surface area contributed by atoms with Crippen LogP contribution in [0.15, 0.2) is 58.5 Å². The number of H-pyrrole nitrogens is 1. The highest BCUT2D eigenvalue weighted by molar-refractivity contribution is 14.0. The van der Waals surface area contributed by atoms with Gasteiger partial charge >= 0.3 is 0 Å². The van der Waals surface area contributed by atoms with Gasteiger partial charge < -0.3 is 20.4 Å². The number of halogens is 1. The molecule has 3 aromatic rings. The molecule has 0 amide bonds. The molecule has 32 heavy (non-hydrogen) atoms. The van der Waals surface area contributed by atoms with Crippen LogP contribution in [0.25, 0.3) is 10.9 Å². The Morgan fingerprint density at radius 2 is 1.78 bits per heavy atom. The highest BCUT2D eigenvalue weighted by Gasteiger charge is 2.08. The largest absolute Gasteiger partial charge is 0.492 e. The minimum absolute atomic E-state index is 0. The van der Waals surface area contributed by atoms with Gasteiger partial charge in [0.1, 0.15) is 12.4 Å². The topological polar surface area (TPSA) is 95.6 Å². The van der Waals surface area contributed by atoms with Crippen LogP contribution in [0.3, 0.4) is 0 Å². The van der Waals surface area contributed by atoms with Crippen molar-refractivity contribution in [3.8, 4) is 5.75 Å². The second-order valence-electron chi connectivity index (χ2n) is 7.27. The summed E-state index contributed by atoms with van der Waals surface area (Å²) < 4.78 is 28.6. The van der Waals surface area contributed by atoms with Gasteiger partial charge in [-0.2, -0.15) is 0 Å². The van der Waals surface area contributed by atoms with E-state index in [2.05, 4.69) is 51.9 Å². The fourth-order valence-electron chi connectivity index (χ4n) is 3.43. The molecular formula is C23H31IN4O3S. The smallest absolute Gasteiger partial charge is 0.191 e. The average Bonchev–Trinajstić information content (AvgIpc) is 3.18. The summed E-state index contributed by atoms with van der Waals surface area (Å²) in [6.07, 6.45) is 5.17. The number of fused-ring (bicyclic) bond motifs is 1. The lowest BCUT2D eigenvalue weighted by atomic mass is 10.1. The van der Waals surface area contributed by atoms with Crippen molar-refractivity contribution >= 4 is 50.7 Å². The summed E-state index contributed by atoms with van der Waals surface area (Å²) >= 11 is 0. The van der Waals surface area contributed by atoms with Gasteiger partial charge in [0.2, 0.25) is 0 Å². The summed E-state index contributed by atoms with van der Waals surface area (Å²) in [6, 6.07) is 12.9. The molecule has 2 aromatic carbocycles. The highest BCUT2D eigenvalue weighted by Crippen LogP contribution is 2.22. The molecule has 0 saturated heterocycles. The molecule has 0 aliphatic carbocycles. The van der Waals surface area contributed by atoms with Crippen LogP contribution < -0.4 is 15.4 Å². The normalized spacial score (nSPS) is 11.8. The Morgan fingerprint density at radius 3 is 2.44 bits per heavy atom. The molecule has 0 saturated carbocycles. The maximum absolute atomic E-state index is 11.5. The van der Waals surface area contributed by atoms with Gasteiger partial charge in [0.25, 0.3) is 0 Å². The van der Waals surface area contributed by atoms with Crippen LogP contribution in [0.4, 0.5) is 0 Å². The molecule has 0 unspecified atom stereocenters. The third-order valence-electron chi connectivity index (χ3n) is 5.09. The summed E-state index contributed by atoms with van der Waals surface area (Å²) in [6.45, 7) is 3.93. The molecule has 0 aliphatic rings. The van der Waals surface area contributed by atoms with Crippen LogP contribution >= 0.6 is 24.0 Å². The number of guanidine groups is 1. The molecule has 0 aliphatic heterocycles. The monoisotopic (exact) mass is 570 g/mol. The second-order valence-corrected chi connectivity index (χ2v) is 9.29. The number of para-hydroxylation sites is 1. The van der Waals surface area contributed by atoms with E-state index >= 15 is 0 Å². The molecular weight excluding hydrogens is 539 g/mol. The minimum Gasteiger partial charge on any atom is -0.492 e. The molecule has 3 rings (SSSR count). The number of sulfone groups is 1. The zero-order valence-corrected chi connectivity index (χ0v) is 21.8. The lowest BCUT2D eigenvalue weighted by Crippen LogP contribution is -2.40. The zero-order valence-electron chi connectivity index (χ0n) is 18.6. The van der Waals surface area contributed by atoms with E-state index in [0.717, 1.165) is 19.4 Å². The molecule has 9 heteroatoms. The van der Waals surface area contributed by atoms with E-state index < -0.39 is 9.84 Å². The number of aromatic amines is 1. The standard InChI is InChI=1S/C23H30N4O3S.HI/c1-4-17-6-5-7-21-18(16-27-22(17)21)12-13-25-23(24-2)26-14-15-30-19-8-10-20(11-9-19)31(3,28)29;/h5-11,16,27H,4,12-15H2,1-3H3,(H2,24,25,26);1H. The quantitative estimate of drug-likeness (QED) is 0.158. The van der Waals surface area contributed by atoms with Crippen molar-refractivity contribution in [1.29, 1.82) is 0 Å². The van der Waals surface area contributed by atoms with E-state index in [1.54, 1.807) is 31.3 Å². The van der Waals surface area contributed by atoms with Gasteiger partial charge in [-0.1, -0.05) is 25.1 Å². The molecule has 174 valence electrons. The average molecular weight is 570 g/mol. The Hall–Kier alpha value is -2.27. The zero-order chi connectivity index (χ0) is 22.3. The van der Waals surface area contributed by atoms with Crippen molar-refractivity contribution in [3.63, 3.8) is 0 Å². The van der Waals surface area contributed by atoms with Crippen molar-refractivity contribution in [3.05, 3.63) is 59.8 Å². The molecule has 0 bridgehead atoms. The molecule has 1 heterocycles. The van der Waals surface area contributed by atoms with Crippen LogP contribution in [0.5, 0.6) is 5.75 Å². The molecule has 7 nitrogen and oxygen atoms in total. The highest BCUT2D eigenvalue weighted by atomic mass is 127. The van der Waals surface area contributed by atoms with Gasteiger partial charge in [0.05, 0.1) is 11.4 Å². The number of aromatic nitrogens is 1. The van der Waals surface area contributed by atoms with Gasteiger partial charge in [-0.25, -0.2) is 8.42 Å². The Balaban J connectivity index is 0.00000363. The first-order valence-electron chi connectivity index (χ1n) is 10.4. The maximum Gasteiger partial charge on any atom is 0.191 e. The fourth-order valence-corrected chi connectivity index (χ4v) is 4.06. The molecule has 0 atom stereocenters. The van der Waals surface area contributed by atoms with Gasteiger partial charge in [-0.3, -0.25) is 4.99 Å². The molecule has 1 aromatic heterocycles. The van der Waals surface area contributed by atoms with Gasteiger partial charge in [0, 0.05) is 36.9 Å². The summed E-state index contributed by atoms with van der Waals surface area (Å²) in [5.41, 5.74) is 3.85. The molecule has 0 fully saturated rings. The second kappa shape index (κ2) is 12.1. The van der Waals surface area contributed by atoms with E-state index in [1.165, 1.54) is 28.3 Å². The number of rotatable bonds is 9. The van der Waals surface area contributed by atoms with Crippen LogP contribution in [0, 0.1) is 0 Å². The number of ether oxygens (including phenoxy) is 1. The Labute approximate surface area is 207 Å². The summed E-state index contributed by atoms with van der Waals surface area (Å²) in [5, 5.41) is 7.82. The van der Waals surface area contributed by atoms with E-state index in [0.29, 0.717) is 24.9 Å². The number of benzene rings is 2. The molecule has 3 N–H and O–H groups in total. The van der Waals surface area contributed by atoms with Gasteiger partial charge in [0.15, 0.2) is 15.8 Å². The predicted octanol–water partition coefficient (Wildman–Crippen LogP) is 3.54. The Morgan fingerprint density at radius 1 is 1.06 bits per heavy atom. The van der Waals surface area contributed by atoms with Crippen molar-refractivity contribution < 1.29 is 13.2 Å². The van der Waals surface area contributed by atoms with Crippen LogP contribution in [0.1, 0.15) is 18.1 Å². The summed E-state index contributed by atoms with van der Waals surface area (Å²) in [4.78, 5) is 7.93. The minimum atomic E-state index is -3.19. The van der Waals surface area contributed by atoms with Gasteiger partial charge in [-0.15, -0.1) is 24.0 Å². The van der Waals surface area contributed by atoms with Crippen LogP contribution in [-0.2, 0) is 22.7 Å². The lowest BCUT2D eigenvalue weighted by molar-refractivity contribution is 0.321. The van der Waals surface area contributed by atoms with Crippen LogP contribution in [0.2, 0.25) is 0 Å². The predicted molar refractivity (Wildman–Crippen MR) is 141 cm³/mol. The van der Waals surface area contributed by atoms with Crippen molar-refractivity contribution in [1.82, 2.24) is 15.6 Å². The summed E-state index contributed by atoms with van der Waals surface area (Å²) in [7, 11) is -1.46. The number of nitrogens with zero attached hydrogens (tertiary/aromatic N) is 1. The van der Waals surface area contributed by atoms with E-state index in [-0.39, 0.29) is 28.9 Å². The number of aryl methyl sites for hydroxylation is 1. The first-order chi connectivity index (χ1) is 14.9. The van der Waals surface area contributed by atoms with Crippen molar-refractivity contribution in [2.75, 3.05) is 33.0 Å². The van der Waals surface area contributed by atoms with Crippen molar-refractivity contribution in [2.24, 2.45) is 4.99 Å². The number of aliphatic imine (C=N–C) groups is 1. The Kier molecular flexibility index (Phi) is 9.83. The summed E-state index contributed by atoms with van der Waals surface area (Å²) in [5.74, 6) is 1.34. The van der Waals surface area contributed by atoms with Gasteiger partial charge in [-0.05, 0) is 48.2 Å². The van der Waals surface area contributed by atoms with Crippen LogP contribution in [-0.4, -0.2) is 52.4 Å². The lowest BCUT2D eigenvalue weighted by Gasteiger charge is -2.12. The third-order valence-corrected chi connectivity index (χ3v) is 6.22. The van der Waals surface area contributed by atoms with Crippen molar-refractivity contribution in [2.45, 2.75) is 24.7 Å². The molecule has 0 spiro atoms. The van der Waals surface area contributed by atoms with E-state index in [1.807, 2.05) is 0 Å². The number of hydrogen-bond donors (Lipinski definition) is 3. The number of nitrogens with one attached hydrogen (secondary N) is 3. The van der Waals surface area contributed by atoms with E-state index in [4.69, 9.17) is 4.74 Å². The SMILES string of the molecule is CCc1cccc2c(CCNC(=NC)NCCOc3ccc(S(C)(=O)=O)cc3)c[nH]c12.I. The fraction of sp³-hybridized carbons (Fsp3) is 0.348. The molecule has 0 radical (unpaired) electrons. The first-order valence-corrected chi connectivity index (χ1v) is 12.3. The first kappa shape index (κ1) is 26.0. The number of hydrogen-bond acceptors (Lipinski definition) is 4.